The number of nitrogens with zero attached hydrogens (tertiary/aromatic N) is 4. The summed E-state index contributed by atoms with van der Waals surface area (Å²) in [6, 6.07) is 12.2. The molecule has 0 spiro atoms. The first-order valence-corrected chi connectivity index (χ1v) is 9.74. The van der Waals surface area contributed by atoms with Crippen LogP contribution in [0.1, 0.15) is 25.2 Å². The van der Waals surface area contributed by atoms with Gasteiger partial charge in [0.25, 0.3) is 0 Å². The van der Waals surface area contributed by atoms with Crippen LogP contribution in [0.2, 0.25) is 0 Å². The molecule has 7 heteroatoms. The Kier molecular flexibility index (Phi) is 4.84. The van der Waals surface area contributed by atoms with Crippen molar-refractivity contribution in [2.75, 3.05) is 11.9 Å². The van der Waals surface area contributed by atoms with Crippen LogP contribution in [0.4, 0.5) is 11.5 Å². The molecule has 0 fully saturated rings. The maximum Gasteiger partial charge on any atom is 0.242 e. The maximum absolute atomic E-state index is 12.7. The minimum atomic E-state index is -0.897. The smallest absolute Gasteiger partial charge is 0.242 e. The number of fused-ring (bicyclic) bond motifs is 1. The Bertz CT molecular complexity index is 1020. The standard InChI is InChI=1S/C22H26N6O/c1-15-4-6-17(7-5-15)25-20-19(16-8-10-24-11-9-16)26-18-14-27(12-13-28(18)20)21(29)22(2,3)23/h4-11,25H,12-14,23H2,1-3H3. The Hall–Kier alpha value is -3.19. The Morgan fingerprint density at radius 3 is 2.45 bits per heavy atom. The average molecular weight is 390 g/mol. The summed E-state index contributed by atoms with van der Waals surface area (Å²) in [4.78, 5) is 23.4. The van der Waals surface area contributed by atoms with Gasteiger partial charge >= 0.3 is 0 Å². The molecule has 0 atom stereocenters. The van der Waals surface area contributed by atoms with Gasteiger partial charge in [0.2, 0.25) is 5.91 Å². The average Bonchev–Trinajstić information content (AvgIpc) is 3.06. The lowest BCUT2D eigenvalue weighted by atomic mass is 10.1. The number of amides is 1. The Balaban J connectivity index is 1.73. The molecule has 0 aliphatic carbocycles. The van der Waals surface area contributed by atoms with Gasteiger partial charge in [-0.1, -0.05) is 17.7 Å². The second-order valence-electron chi connectivity index (χ2n) is 8.05. The van der Waals surface area contributed by atoms with Gasteiger partial charge in [0.05, 0.1) is 12.1 Å². The lowest BCUT2D eigenvalue weighted by molar-refractivity contribution is -0.137. The van der Waals surface area contributed by atoms with Gasteiger partial charge in [0, 0.05) is 36.7 Å². The van der Waals surface area contributed by atoms with Crippen molar-refractivity contribution >= 4 is 17.4 Å². The molecule has 1 aliphatic rings. The molecule has 1 aromatic carbocycles. The van der Waals surface area contributed by atoms with Gasteiger partial charge in [-0.2, -0.15) is 0 Å². The number of hydrogen-bond donors (Lipinski definition) is 2. The van der Waals surface area contributed by atoms with Crippen LogP contribution >= 0.6 is 0 Å². The molecule has 0 saturated carbocycles. The van der Waals surface area contributed by atoms with E-state index >= 15 is 0 Å². The molecule has 150 valence electrons. The quantitative estimate of drug-likeness (QED) is 0.715. The number of aromatic nitrogens is 3. The first-order chi connectivity index (χ1) is 13.8. The number of benzene rings is 1. The van der Waals surface area contributed by atoms with Crippen LogP contribution < -0.4 is 11.1 Å². The van der Waals surface area contributed by atoms with Crippen LogP contribution in [0.5, 0.6) is 0 Å². The number of imidazole rings is 1. The van der Waals surface area contributed by atoms with E-state index in [1.165, 1.54) is 5.56 Å². The number of nitrogens with one attached hydrogen (secondary N) is 1. The largest absolute Gasteiger partial charge is 0.340 e. The number of anilines is 2. The van der Waals surface area contributed by atoms with Crippen LogP contribution in [-0.4, -0.2) is 37.4 Å². The Morgan fingerprint density at radius 1 is 1.10 bits per heavy atom. The summed E-state index contributed by atoms with van der Waals surface area (Å²) in [7, 11) is 0. The first-order valence-electron chi connectivity index (χ1n) is 9.74. The molecule has 0 saturated heterocycles. The zero-order valence-electron chi connectivity index (χ0n) is 17.0. The molecule has 7 nitrogen and oxygen atoms in total. The van der Waals surface area contributed by atoms with E-state index in [0.29, 0.717) is 19.6 Å². The zero-order chi connectivity index (χ0) is 20.6. The minimum absolute atomic E-state index is 0.0646. The lowest BCUT2D eigenvalue weighted by Crippen LogP contribution is -2.52. The van der Waals surface area contributed by atoms with Gasteiger partial charge in [0.15, 0.2) is 0 Å². The summed E-state index contributed by atoms with van der Waals surface area (Å²) >= 11 is 0. The van der Waals surface area contributed by atoms with Gasteiger partial charge in [-0.3, -0.25) is 9.78 Å². The van der Waals surface area contributed by atoms with Gasteiger partial charge < -0.3 is 20.5 Å². The summed E-state index contributed by atoms with van der Waals surface area (Å²) in [5, 5.41) is 3.53. The molecule has 1 aliphatic heterocycles. The van der Waals surface area contributed by atoms with E-state index < -0.39 is 5.54 Å². The first kappa shape index (κ1) is 19.1. The molecule has 0 radical (unpaired) electrons. The van der Waals surface area contributed by atoms with Crippen LogP contribution in [0.15, 0.2) is 48.8 Å². The number of pyridine rings is 1. The summed E-state index contributed by atoms with van der Waals surface area (Å²) in [5.41, 5.74) is 9.17. The van der Waals surface area contributed by atoms with Crippen LogP contribution in [0.3, 0.4) is 0 Å². The third-order valence-corrected chi connectivity index (χ3v) is 5.08. The van der Waals surface area contributed by atoms with Gasteiger partial charge in [-0.25, -0.2) is 4.98 Å². The molecular weight excluding hydrogens is 364 g/mol. The molecule has 0 bridgehead atoms. The lowest BCUT2D eigenvalue weighted by Gasteiger charge is -2.33. The highest BCUT2D eigenvalue weighted by Crippen LogP contribution is 2.33. The van der Waals surface area contributed by atoms with Crippen LogP contribution in [0.25, 0.3) is 11.3 Å². The highest BCUT2D eigenvalue weighted by molar-refractivity contribution is 5.85. The summed E-state index contributed by atoms with van der Waals surface area (Å²) in [6.07, 6.45) is 3.52. The van der Waals surface area contributed by atoms with E-state index in [-0.39, 0.29) is 5.91 Å². The van der Waals surface area contributed by atoms with Crippen molar-refractivity contribution in [1.82, 2.24) is 19.4 Å². The number of nitrogens with two attached hydrogens (primary N) is 1. The number of hydrogen-bond acceptors (Lipinski definition) is 5. The van der Waals surface area contributed by atoms with Crippen LogP contribution in [0, 0.1) is 6.92 Å². The molecule has 4 rings (SSSR count). The van der Waals surface area contributed by atoms with Crippen molar-refractivity contribution in [3.05, 3.63) is 60.2 Å². The van der Waals surface area contributed by atoms with E-state index in [1.807, 2.05) is 12.1 Å². The predicted molar refractivity (Wildman–Crippen MR) is 114 cm³/mol. The van der Waals surface area contributed by atoms with Crippen molar-refractivity contribution in [1.29, 1.82) is 0 Å². The van der Waals surface area contributed by atoms with Crippen molar-refractivity contribution in [3.8, 4) is 11.3 Å². The van der Waals surface area contributed by atoms with E-state index in [1.54, 1.807) is 31.1 Å². The predicted octanol–water partition coefficient (Wildman–Crippen LogP) is 3.08. The van der Waals surface area contributed by atoms with E-state index in [0.717, 1.165) is 28.6 Å². The summed E-state index contributed by atoms with van der Waals surface area (Å²) in [6.45, 7) is 7.24. The summed E-state index contributed by atoms with van der Waals surface area (Å²) < 4.78 is 2.16. The molecule has 2 aromatic heterocycles. The van der Waals surface area contributed by atoms with Crippen molar-refractivity contribution in [3.63, 3.8) is 0 Å². The Morgan fingerprint density at radius 2 is 1.79 bits per heavy atom. The fourth-order valence-electron chi connectivity index (χ4n) is 3.52. The number of aryl methyl sites for hydroxylation is 1. The minimum Gasteiger partial charge on any atom is -0.340 e. The normalized spacial score (nSPS) is 13.9. The second kappa shape index (κ2) is 7.33. The van der Waals surface area contributed by atoms with E-state index in [2.05, 4.69) is 46.1 Å². The molecule has 0 unspecified atom stereocenters. The van der Waals surface area contributed by atoms with E-state index in [9.17, 15) is 4.79 Å². The molecular formula is C22H26N6O. The van der Waals surface area contributed by atoms with Gasteiger partial charge in [0.1, 0.15) is 17.3 Å². The van der Waals surface area contributed by atoms with E-state index in [4.69, 9.17) is 10.7 Å². The van der Waals surface area contributed by atoms with Crippen molar-refractivity contribution < 1.29 is 4.79 Å². The maximum atomic E-state index is 12.7. The Labute approximate surface area is 170 Å². The molecule has 3 N–H and O–H groups in total. The van der Waals surface area contributed by atoms with Crippen molar-refractivity contribution in [2.24, 2.45) is 5.73 Å². The fourth-order valence-corrected chi connectivity index (χ4v) is 3.52. The molecule has 29 heavy (non-hydrogen) atoms. The SMILES string of the molecule is Cc1ccc(Nc2c(-c3ccncc3)nc3n2CCN(C(=O)C(C)(C)N)C3)cc1. The summed E-state index contributed by atoms with van der Waals surface area (Å²) in [5.74, 6) is 1.70. The van der Waals surface area contributed by atoms with Crippen LogP contribution in [-0.2, 0) is 17.9 Å². The highest BCUT2D eigenvalue weighted by Gasteiger charge is 2.32. The molecule has 3 heterocycles. The topological polar surface area (TPSA) is 89.1 Å². The highest BCUT2D eigenvalue weighted by atomic mass is 16.2. The van der Waals surface area contributed by atoms with Gasteiger partial charge in [-0.15, -0.1) is 0 Å². The monoisotopic (exact) mass is 390 g/mol. The number of carbonyl (C=O) groups is 1. The number of carbonyl (C=O) groups excluding carboxylic acids is 1. The fraction of sp³-hybridized carbons (Fsp3) is 0.318. The third kappa shape index (κ3) is 3.86. The third-order valence-electron chi connectivity index (χ3n) is 5.08. The molecule has 1 amide bonds. The zero-order valence-corrected chi connectivity index (χ0v) is 17.0. The number of rotatable bonds is 4. The van der Waals surface area contributed by atoms with Crippen molar-refractivity contribution in [2.45, 2.75) is 39.4 Å². The van der Waals surface area contributed by atoms with Gasteiger partial charge in [-0.05, 0) is 45.0 Å². The second-order valence-corrected chi connectivity index (χ2v) is 8.05. The molecule has 3 aromatic rings.